The fourth-order valence-corrected chi connectivity index (χ4v) is 4.93. The summed E-state index contributed by atoms with van der Waals surface area (Å²) in [7, 11) is 0. The highest BCUT2D eigenvalue weighted by Gasteiger charge is 2.20. The molecule has 1 heteroatoms. The molecule has 0 aliphatic rings. The predicted molar refractivity (Wildman–Crippen MR) is 144 cm³/mol. The molecule has 33 heavy (non-hydrogen) atoms. The van der Waals surface area contributed by atoms with Crippen LogP contribution in [0.3, 0.4) is 0 Å². The minimum atomic E-state index is 1.08. The zero-order valence-corrected chi connectivity index (χ0v) is 19.7. The maximum atomic E-state index is 3.86. The van der Waals surface area contributed by atoms with Gasteiger partial charge in [-0.25, -0.2) is 0 Å². The lowest BCUT2D eigenvalue weighted by molar-refractivity contribution is 1.48. The molecule has 5 aromatic rings. The van der Waals surface area contributed by atoms with Crippen molar-refractivity contribution < 1.29 is 0 Å². The second kappa shape index (κ2) is 9.85. The number of benzene rings is 5. The third-order valence-electron chi connectivity index (χ3n) is 5.78. The van der Waals surface area contributed by atoms with Crippen LogP contribution in [-0.2, 0) is 0 Å². The van der Waals surface area contributed by atoms with Gasteiger partial charge in [0.2, 0.25) is 0 Å². The van der Waals surface area contributed by atoms with E-state index in [0.29, 0.717) is 0 Å². The second-order valence-electron chi connectivity index (χ2n) is 7.88. The number of hydrogen-bond acceptors (Lipinski definition) is 0. The lowest BCUT2D eigenvalue weighted by atomic mass is 9.83. The Labute approximate surface area is 204 Å². The summed E-state index contributed by atoms with van der Waals surface area (Å²) in [6.07, 6.45) is 0. The van der Waals surface area contributed by atoms with Crippen LogP contribution in [0.5, 0.6) is 0 Å². The fraction of sp³-hybridized carbons (Fsp3) is 0. The molecule has 0 unspecified atom stereocenters. The van der Waals surface area contributed by atoms with E-state index in [2.05, 4.69) is 155 Å². The van der Waals surface area contributed by atoms with Gasteiger partial charge < -0.3 is 0 Å². The molecule has 0 N–H and O–H groups in total. The van der Waals surface area contributed by atoms with Crippen LogP contribution in [0.25, 0.3) is 22.3 Å². The van der Waals surface area contributed by atoms with Gasteiger partial charge in [0, 0.05) is 10.0 Å². The maximum Gasteiger partial charge on any atom is 0.0259 e. The van der Waals surface area contributed by atoms with E-state index in [1.54, 1.807) is 0 Å². The summed E-state index contributed by atoms with van der Waals surface area (Å²) in [5.41, 5.74) is 9.60. The molecule has 0 saturated carbocycles. The molecular formula is C32H23Br. The molecule has 0 heterocycles. The van der Waals surface area contributed by atoms with Crippen molar-refractivity contribution in [3.8, 4) is 11.1 Å². The number of rotatable bonds is 5. The first-order valence-electron chi connectivity index (χ1n) is 11.1. The van der Waals surface area contributed by atoms with Crippen molar-refractivity contribution in [2.45, 2.75) is 0 Å². The first-order valence-corrected chi connectivity index (χ1v) is 11.9. The van der Waals surface area contributed by atoms with E-state index in [0.717, 1.165) is 4.47 Å². The van der Waals surface area contributed by atoms with Gasteiger partial charge in [0.25, 0.3) is 0 Å². The summed E-state index contributed by atoms with van der Waals surface area (Å²) in [5, 5.41) is 0. The average Bonchev–Trinajstić information content (AvgIpc) is 2.89. The second-order valence-corrected chi connectivity index (χ2v) is 8.73. The van der Waals surface area contributed by atoms with Gasteiger partial charge in [-0.1, -0.05) is 149 Å². The van der Waals surface area contributed by atoms with Crippen LogP contribution in [-0.4, -0.2) is 0 Å². The van der Waals surface area contributed by atoms with Crippen LogP contribution in [0.15, 0.2) is 144 Å². The van der Waals surface area contributed by atoms with Gasteiger partial charge in [-0.05, 0) is 45.0 Å². The van der Waals surface area contributed by atoms with E-state index in [1.165, 1.54) is 44.5 Å². The standard InChI is InChI=1S/C32H23Br/c33-29-23-13-22-28(31(29)26-18-9-3-10-19-26)32(27-20-11-4-12-21-27)30(24-14-5-1-6-15-24)25-16-7-2-8-17-25/h1-23H. The fourth-order valence-electron chi connectivity index (χ4n) is 4.33. The summed E-state index contributed by atoms with van der Waals surface area (Å²) >= 11 is 3.86. The Morgan fingerprint density at radius 3 is 1.30 bits per heavy atom. The quantitative estimate of drug-likeness (QED) is 0.217. The number of hydrogen-bond donors (Lipinski definition) is 0. The zero-order valence-electron chi connectivity index (χ0n) is 18.2. The molecule has 5 aromatic carbocycles. The molecule has 0 atom stereocenters. The lowest BCUT2D eigenvalue weighted by Crippen LogP contribution is -1.99. The van der Waals surface area contributed by atoms with Gasteiger partial charge in [-0.2, -0.15) is 0 Å². The molecule has 0 fully saturated rings. The Bertz CT molecular complexity index is 1330. The van der Waals surface area contributed by atoms with Crippen LogP contribution in [0.2, 0.25) is 0 Å². The summed E-state index contributed by atoms with van der Waals surface area (Å²) in [6, 6.07) is 49.2. The van der Waals surface area contributed by atoms with Crippen molar-refractivity contribution in [2.24, 2.45) is 0 Å². The normalized spacial score (nSPS) is 10.6. The monoisotopic (exact) mass is 486 g/mol. The first-order chi connectivity index (χ1) is 16.3. The van der Waals surface area contributed by atoms with Crippen LogP contribution < -0.4 is 0 Å². The van der Waals surface area contributed by atoms with Crippen molar-refractivity contribution in [2.75, 3.05) is 0 Å². The van der Waals surface area contributed by atoms with Crippen LogP contribution >= 0.6 is 15.9 Å². The summed E-state index contributed by atoms with van der Waals surface area (Å²) in [4.78, 5) is 0. The van der Waals surface area contributed by atoms with Gasteiger partial charge >= 0.3 is 0 Å². The average molecular weight is 487 g/mol. The zero-order chi connectivity index (χ0) is 22.5. The number of halogens is 1. The highest BCUT2D eigenvalue weighted by molar-refractivity contribution is 9.10. The van der Waals surface area contributed by atoms with Crippen molar-refractivity contribution in [1.82, 2.24) is 0 Å². The molecule has 0 saturated heterocycles. The SMILES string of the molecule is Brc1cccc(C(=C(c2ccccc2)c2ccccc2)c2ccccc2)c1-c1ccccc1. The van der Waals surface area contributed by atoms with E-state index < -0.39 is 0 Å². The van der Waals surface area contributed by atoms with E-state index in [9.17, 15) is 0 Å². The lowest BCUT2D eigenvalue weighted by Gasteiger charge is -2.21. The van der Waals surface area contributed by atoms with E-state index in [-0.39, 0.29) is 0 Å². The molecule has 158 valence electrons. The molecule has 0 nitrogen and oxygen atoms in total. The Kier molecular flexibility index (Phi) is 6.32. The molecule has 0 radical (unpaired) electrons. The largest absolute Gasteiger partial charge is 0.0622 e. The molecule has 0 aliphatic carbocycles. The molecule has 0 bridgehead atoms. The van der Waals surface area contributed by atoms with E-state index >= 15 is 0 Å². The molecule has 0 aliphatic heterocycles. The highest BCUT2D eigenvalue weighted by Crippen LogP contribution is 2.43. The third kappa shape index (κ3) is 4.46. The minimum Gasteiger partial charge on any atom is -0.0622 e. The van der Waals surface area contributed by atoms with Gasteiger partial charge in [0.15, 0.2) is 0 Å². The molecule has 0 aromatic heterocycles. The maximum absolute atomic E-state index is 3.86. The first kappa shape index (κ1) is 21.2. The van der Waals surface area contributed by atoms with E-state index in [1.807, 2.05) is 0 Å². The highest BCUT2D eigenvalue weighted by atomic mass is 79.9. The Morgan fingerprint density at radius 1 is 0.394 bits per heavy atom. The van der Waals surface area contributed by atoms with Crippen molar-refractivity contribution in [1.29, 1.82) is 0 Å². The van der Waals surface area contributed by atoms with Crippen LogP contribution in [0, 0.1) is 0 Å². The van der Waals surface area contributed by atoms with Crippen molar-refractivity contribution in [3.05, 3.63) is 166 Å². The minimum absolute atomic E-state index is 1.08. The van der Waals surface area contributed by atoms with Gasteiger partial charge in [-0.3, -0.25) is 0 Å². The van der Waals surface area contributed by atoms with Gasteiger partial charge in [-0.15, -0.1) is 0 Å². The molecule has 5 rings (SSSR count). The molecular weight excluding hydrogens is 464 g/mol. The molecule has 0 amide bonds. The van der Waals surface area contributed by atoms with Crippen molar-refractivity contribution in [3.63, 3.8) is 0 Å². The summed E-state index contributed by atoms with van der Waals surface area (Å²) in [6.45, 7) is 0. The Hall–Kier alpha value is -3.68. The van der Waals surface area contributed by atoms with E-state index in [4.69, 9.17) is 0 Å². The van der Waals surface area contributed by atoms with Gasteiger partial charge in [0.1, 0.15) is 0 Å². The smallest absolute Gasteiger partial charge is 0.0259 e. The van der Waals surface area contributed by atoms with Crippen molar-refractivity contribution >= 4 is 27.1 Å². The Morgan fingerprint density at radius 2 is 0.818 bits per heavy atom. The summed E-state index contributed by atoms with van der Waals surface area (Å²) in [5.74, 6) is 0. The summed E-state index contributed by atoms with van der Waals surface area (Å²) < 4.78 is 1.08. The van der Waals surface area contributed by atoms with Gasteiger partial charge in [0.05, 0.1) is 0 Å². The predicted octanol–water partition coefficient (Wildman–Crippen LogP) is 9.12. The Balaban J connectivity index is 1.93. The topological polar surface area (TPSA) is 0 Å². The third-order valence-corrected chi connectivity index (χ3v) is 6.44. The van der Waals surface area contributed by atoms with Crippen LogP contribution in [0.1, 0.15) is 22.3 Å². The molecule has 0 spiro atoms. The van der Waals surface area contributed by atoms with Crippen LogP contribution in [0.4, 0.5) is 0 Å².